The van der Waals surface area contributed by atoms with Gasteiger partial charge in [0, 0.05) is 17.8 Å². The topological polar surface area (TPSA) is 104 Å². The predicted octanol–water partition coefficient (Wildman–Crippen LogP) is 3.78. The van der Waals surface area contributed by atoms with Crippen molar-refractivity contribution < 1.29 is 18.0 Å². The molecule has 176 valence electrons. The molecular weight excluding hydrogens is 438 g/mol. The Morgan fingerprint density at radius 2 is 1.73 bits per heavy atom. The lowest BCUT2D eigenvalue weighted by Gasteiger charge is -2.24. The zero-order valence-electron chi connectivity index (χ0n) is 19.1. The summed E-state index contributed by atoms with van der Waals surface area (Å²) < 4.78 is 29.0. The number of anilines is 2. The summed E-state index contributed by atoms with van der Waals surface area (Å²) in [6.45, 7) is 3.64. The van der Waals surface area contributed by atoms with Crippen molar-refractivity contribution in [3.8, 4) is 0 Å². The maximum absolute atomic E-state index is 13.2. The highest BCUT2D eigenvalue weighted by Crippen LogP contribution is 2.29. The zero-order valence-corrected chi connectivity index (χ0v) is 19.9. The van der Waals surface area contributed by atoms with Crippen molar-refractivity contribution in [2.24, 2.45) is 5.92 Å². The standard InChI is InChI=1S/C25H31N3O4S/c1-16(2)24(25(30)27-22-11-5-8-17-7-3-4-10-20(17)22)28-33(31,32)19-13-14-21-18(15-19)9-6-12-23(29)26-21/h5,8,11,13-16,24,28H,3-4,6-7,9-10,12H2,1-2H3,(H,26,29)(H,27,30). The number of hydrogen-bond acceptors (Lipinski definition) is 4. The van der Waals surface area contributed by atoms with E-state index in [1.54, 1.807) is 12.1 Å². The molecule has 0 fully saturated rings. The average Bonchev–Trinajstić information content (AvgIpc) is 2.97. The molecule has 3 N–H and O–H groups in total. The quantitative estimate of drug-likeness (QED) is 0.599. The van der Waals surface area contributed by atoms with Crippen molar-refractivity contribution in [3.05, 3.63) is 53.1 Å². The van der Waals surface area contributed by atoms with E-state index in [0.29, 0.717) is 24.9 Å². The van der Waals surface area contributed by atoms with E-state index in [1.807, 2.05) is 26.0 Å². The zero-order chi connectivity index (χ0) is 23.6. The third kappa shape index (κ3) is 5.28. The first-order valence-corrected chi connectivity index (χ1v) is 13.1. The van der Waals surface area contributed by atoms with Crippen LogP contribution in [0.5, 0.6) is 0 Å². The molecule has 0 saturated carbocycles. The van der Waals surface area contributed by atoms with Crippen molar-refractivity contribution >= 4 is 33.2 Å². The predicted molar refractivity (Wildman–Crippen MR) is 129 cm³/mol. The molecule has 2 amide bonds. The smallest absolute Gasteiger partial charge is 0.242 e. The fourth-order valence-electron chi connectivity index (χ4n) is 4.55. The Morgan fingerprint density at radius 3 is 2.52 bits per heavy atom. The van der Waals surface area contributed by atoms with Crippen LogP contribution < -0.4 is 15.4 Å². The number of carbonyl (C=O) groups is 2. The number of rotatable bonds is 6. The number of carbonyl (C=O) groups excluding carboxylic acids is 2. The number of amides is 2. The summed E-state index contributed by atoms with van der Waals surface area (Å²) in [6, 6.07) is 9.66. The van der Waals surface area contributed by atoms with Crippen LogP contribution in [0.25, 0.3) is 0 Å². The van der Waals surface area contributed by atoms with Crippen LogP contribution in [-0.2, 0) is 38.9 Å². The number of hydrogen-bond donors (Lipinski definition) is 3. The van der Waals surface area contributed by atoms with E-state index >= 15 is 0 Å². The fraction of sp³-hybridized carbons (Fsp3) is 0.440. The Morgan fingerprint density at radius 1 is 0.970 bits per heavy atom. The molecule has 1 aliphatic carbocycles. The number of benzene rings is 2. The van der Waals surface area contributed by atoms with Gasteiger partial charge in [0.25, 0.3) is 0 Å². The monoisotopic (exact) mass is 469 g/mol. The van der Waals surface area contributed by atoms with E-state index in [-0.39, 0.29) is 22.6 Å². The molecule has 4 rings (SSSR count). The maximum atomic E-state index is 13.2. The Labute approximate surface area is 195 Å². The van der Waals surface area contributed by atoms with E-state index in [4.69, 9.17) is 0 Å². The molecule has 0 aromatic heterocycles. The summed E-state index contributed by atoms with van der Waals surface area (Å²) in [5.74, 6) is -0.684. The van der Waals surface area contributed by atoms with Crippen LogP contribution in [0.4, 0.5) is 11.4 Å². The summed E-state index contributed by atoms with van der Waals surface area (Å²) >= 11 is 0. The van der Waals surface area contributed by atoms with Gasteiger partial charge in [0.1, 0.15) is 6.04 Å². The van der Waals surface area contributed by atoms with Crippen LogP contribution in [0.2, 0.25) is 0 Å². The van der Waals surface area contributed by atoms with E-state index in [1.165, 1.54) is 11.6 Å². The van der Waals surface area contributed by atoms with Gasteiger partial charge in [-0.05, 0) is 85.4 Å². The van der Waals surface area contributed by atoms with Gasteiger partial charge in [0.05, 0.1) is 4.90 Å². The summed E-state index contributed by atoms with van der Waals surface area (Å²) in [6.07, 6.45) is 5.82. The van der Waals surface area contributed by atoms with Gasteiger partial charge >= 0.3 is 0 Å². The van der Waals surface area contributed by atoms with Gasteiger partial charge in [0.15, 0.2) is 0 Å². The number of aryl methyl sites for hydroxylation is 2. The molecule has 2 aromatic rings. The minimum absolute atomic E-state index is 0.0675. The third-order valence-electron chi connectivity index (χ3n) is 6.40. The average molecular weight is 470 g/mol. The Balaban J connectivity index is 1.55. The van der Waals surface area contributed by atoms with E-state index in [0.717, 1.165) is 42.5 Å². The normalized spacial score (nSPS) is 16.9. The molecule has 1 atom stereocenters. The van der Waals surface area contributed by atoms with Gasteiger partial charge in [-0.3, -0.25) is 9.59 Å². The molecular formula is C25H31N3O4S. The van der Waals surface area contributed by atoms with E-state index < -0.39 is 16.1 Å². The first kappa shape index (κ1) is 23.4. The molecule has 2 aromatic carbocycles. The Bertz CT molecular complexity index is 1170. The highest BCUT2D eigenvalue weighted by Gasteiger charge is 2.30. The first-order chi connectivity index (χ1) is 15.7. The molecule has 33 heavy (non-hydrogen) atoms. The number of sulfonamides is 1. The molecule has 8 heteroatoms. The minimum atomic E-state index is -3.94. The lowest BCUT2D eigenvalue weighted by molar-refractivity contribution is -0.118. The highest BCUT2D eigenvalue weighted by atomic mass is 32.2. The highest BCUT2D eigenvalue weighted by molar-refractivity contribution is 7.89. The number of nitrogens with one attached hydrogen (secondary N) is 3. The van der Waals surface area contributed by atoms with Crippen molar-refractivity contribution in [1.29, 1.82) is 0 Å². The SMILES string of the molecule is CC(C)C(NS(=O)(=O)c1ccc2c(c1)CCCC(=O)N2)C(=O)Nc1cccc2c1CCCC2. The summed E-state index contributed by atoms with van der Waals surface area (Å²) in [4.78, 5) is 25.0. The summed E-state index contributed by atoms with van der Waals surface area (Å²) in [5.41, 5.74) is 4.59. The minimum Gasteiger partial charge on any atom is -0.326 e. The third-order valence-corrected chi connectivity index (χ3v) is 7.83. The van der Waals surface area contributed by atoms with Gasteiger partial charge in [-0.15, -0.1) is 0 Å². The Kier molecular flexibility index (Phi) is 6.86. The molecule has 1 unspecified atom stereocenters. The van der Waals surface area contributed by atoms with Crippen molar-refractivity contribution in [1.82, 2.24) is 4.72 Å². The fourth-order valence-corrected chi connectivity index (χ4v) is 5.95. The van der Waals surface area contributed by atoms with Crippen LogP contribution in [0.3, 0.4) is 0 Å². The van der Waals surface area contributed by atoms with Gasteiger partial charge in [0.2, 0.25) is 21.8 Å². The molecule has 0 radical (unpaired) electrons. The second-order valence-corrected chi connectivity index (χ2v) is 10.9. The molecule has 0 bridgehead atoms. The van der Waals surface area contributed by atoms with Crippen molar-refractivity contribution in [2.75, 3.05) is 10.6 Å². The molecule has 0 spiro atoms. The lowest BCUT2D eigenvalue weighted by atomic mass is 9.90. The van der Waals surface area contributed by atoms with Gasteiger partial charge in [-0.2, -0.15) is 4.72 Å². The second-order valence-electron chi connectivity index (χ2n) is 9.20. The number of fused-ring (bicyclic) bond motifs is 2. The van der Waals surface area contributed by atoms with Crippen molar-refractivity contribution in [3.63, 3.8) is 0 Å². The van der Waals surface area contributed by atoms with Crippen LogP contribution in [-0.4, -0.2) is 26.3 Å². The molecule has 1 heterocycles. The molecule has 7 nitrogen and oxygen atoms in total. The van der Waals surface area contributed by atoms with E-state index in [9.17, 15) is 18.0 Å². The van der Waals surface area contributed by atoms with E-state index in [2.05, 4.69) is 21.4 Å². The summed E-state index contributed by atoms with van der Waals surface area (Å²) in [7, 11) is -3.94. The van der Waals surface area contributed by atoms with Gasteiger partial charge < -0.3 is 10.6 Å². The van der Waals surface area contributed by atoms with Crippen LogP contribution in [0.15, 0.2) is 41.3 Å². The van der Waals surface area contributed by atoms with Crippen molar-refractivity contribution in [2.45, 2.75) is 69.7 Å². The summed E-state index contributed by atoms with van der Waals surface area (Å²) in [5, 5.41) is 5.79. The molecule has 2 aliphatic rings. The maximum Gasteiger partial charge on any atom is 0.242 e. The first-order valence-electron chi connectivity index (χ1n) is 11.6. The van der Waals surface area contributed by atoms with Crippen LogP contribution in [0.1, 0.15) is 56.2 Å². The van der Waals surface area contributed by atoms with Crippen LogP contribution in [0, 0.1) is 5.92 Å². The lowest BCUT2D eigenvalue weighted by Crippen LogP contribution is -2.47. The second kappa shape index (κ2) is 9.65. The van der Waals surface area contributed by atoms with Crippen LogP contribution >= 0.6 is 0 Å². The van der Waals surface area contributed by atoms with Gasteiger partial charge in [-0.1, -0.05) is 26.0 Å². The van der Waals surface area contributed by atoms with Gasteiger partial charge in [-0.25, -0.2) is 8.42 Å². The largest absolute Gasteiger partial charge is 0.326 e. The Hall–Kier alpha value is -2.71. The molecule has 1 aliphatic heterocycles. The molecule has 0 saturated heterocycles.